The molecule has 0 saturated carbocycles. The third kappa shape index (κ3) is 3.85. The van der Waals surface area contributed by atoms with E-state index in [9.17, 15) is 0 Å². The smallest absolute Gasteiger partial charge is 0.223 e. The van der Waals surface area contributed by atoms with Gasteiger partial charge in [-0.15, -0.1) is 0 Å². The number of anilines is 4. The fourth-order valence-electron chi connectivity index (χ4n) is 2.07. The third-order valence-corrected chi connectivity index (χ3v) is 2.79. The molecule has 0 radical (unpaired) electrons. The zero-order chi connectivity index (χ0) is 14.5. The van der Waals surface area contributed by atoms with Gasteiger partial charge in [0.25, 0.3) is 0 Å². The number of benzene rings is 1. The van der Waals surface area contributed by atoms with Gasteiger partial charge in [-0.3, -0.25) is 0 Å². The standard InChI is InChI=1S/C15H21N5/c1-4-5-17-13-9-14(20-15(16)19-13)18-12-7-10(2)6-11(3)8-12/h6-9H,4-5H2,1-3H3,(H4,16,17,18,19,20). The van der Waals surface area contributed by atoms with Gasteiger partial charge >= 0.3 is 0 Å². The number of nitrogens with zero attached hydrogens (tertiary/aromatic N) is 2. The molecule has 106 valence electrons. The lowest BCUT2D eigenvalue weighted by Crippen LogP contribution is -2.06. The molecule has 0 unspecified atom stereocenters. The molecular weight excluding hydrogens is 250 g/mol. The van der Waals surface area contributed by atoms with Gasteiger partial charge < -0.3 is 16.4 Å². The molecule has 2 aromatic rings. The van der Waals surface area contributed by atoms with Crippen molar-refractivity contribution >= 4 is 23.3 Å². The van der Waals surface area contributed by atoms with E-state index in [1.807, 2.05) is 6.07 Å². The van der Waals surface area contributed by atoms with Gasteiger partial charge in [0.2, 0.25) is 5.95 Å². The first-order valence-electron chi connectivity index (χ1n) is 6.80. The minimum Gasteiger partial charge on any atom is -0.370 e. The molecule has 0 aliphatic heterocycles. The van der Waals surface area contributed by atoms with Crippen molar-refractivity contribution in [1.82, 2.24) is 9.97 Å². The lowest BCUT2D eigenvalue weighted by molar-refractivity contribution is 0.967. The average Bonchev–Trinajstić information content (AvgIpc) is 2.34. The Balaban J connectivity index is 2.21. The Kier molecular flexibility index (Phi) is 4.40. The zero-order valence-corrected chi connectivity index (χ0v) is 12.2. The highest BCUT2D eigenvalue weighted by atomic mass is 15.1. The number of hydrogen-bond acceptors (Lipinski definition) is 5. The monoisotopic (exact) mass is 271 g/mol. The van der Waals surface area contributed by atoms with Crippen LogP contribution in [0.2, 0.25) is 0 Å². The number of aryl methyl sites for hydroxylation is 2. The van der Waals surface area contributed by atoms with Gasteiger partial charge in [0, 0.05) is 18.3 Å². The molecular formula is C15H21N5. The predicted octanol–water partition coefficient (Wildman–Crippen LogP) is 3.24. The molecule has 5 heteroatoms. The average molecular weight is 271 g/mol. The summed E-state index contributed by atoms with van der Waals surface area (Å²) in [5, 5.41) is 6.49. The van der Waals surface area contributed by atoms with Crippen molar-refractivity contribution in [1.29, 1.82) is 0 Å². The van der Waals surface area contributed by atoms with Crippen molar-refractivity contribution in [2.75, 3.05) is 22.9 Å². The van der Waals surface area contributed by atoms with Crippen molar-refractivity contribution in [3.8, 4) is 0 Å². The Hall–Kier alpha value is -2.30. The lowest BCUT2D eigenvalue weighted by Gasteiger charge is -2.10. The number of nitrogens with two attached hydrogens (primary N) is 1. The van der Waals surface area contributed by atoms with E-state index in [4.69, 9.17) is 5.73 Å². The highest BCUT2D eigenvalue weighted by molar-refractivity contribution is 5.62. The van der Waals surface area contributed by atoms with Crippen LogP contribution in [-0.4, -0.2) is 16.5 Å². The number of nitrogen functional groups attached to an aromatic ring is 1. The van der Waals surface area contributed by atoms with Gasteiger partial charge in [0.05, 0.1) is 0 Å². The molecule has 1 aromatic heterocycles. The minimum absolute atomic E-state index is 0.262. The van der Waals surface area contributed by atoms with Gasteiger partial charge in [-0.1, -0.05) is 13.0 Å². The summed E-state index contributed by atoms with van der Waals surface area (Å²) in [6.45, 7) is 7.10. The lowest BCUT2D eigenvalue weighted by atomic mass is 10.1. The maximum atomic E-state index is 5.74. The van der Waals surface area contributed by atoms with Crippen LogP contribution >= 0.6 is 0 Å². The van der Waals surface area contributed by atoms with Gasteiger partial charge in [-0.25, -0.2) is 0 Å². The number of hydrogen-bond donors (Lipinski definition) is 3. The van der Waals surface area contributed by atoms with E-state index in [1.165, 1.54) is 11.1 Å². The Labute approximate surface area is 119 Å². The fourth-order valence-corrected chi connectivity index (χ4v) is 2.07. The Bertz CT molecular complexity index is 575. The second kappa shape index (κ2) is 6.23. The van der Waals surface area contributed by atoms with E-state index in [-0.39, 0.29) is 5.95 Å². The van der Waals surface area contributed by atoms with Gasteiger partial charge in [-0.05, 0) is 43.5 Å². The second-order valence-electron chi connectivity index (χ2n) is 4.92. The van der Waals surface area contributed by atoms with Crippen molar-refractivity contribution in [3.05, 3.63) is 35.4 Å². The first-order chi connectivity index (χ1) is 9.56. The topological polar surface area (TPSA) is 75.9 Å². The third-order valence-electron chi connectivity index (χ3n) is 2.79. The van der Waals surface area contributed by atoms with Crippen LogP contribution in [0.15, 0.2) is 24.3 Å². The van der Waals surface area contributed by atoms with Crippen molar-refractivity contribution in [3.63, 3.8) is 0 Å². The van der Waals surface area contributed by atoms with Gasteiger partial charge in [0.15, 0.2) is 0 Å². The quantitative estimate of drug-likeness (QED) is 0.778. The molecule has 0 amide bonds. The van der Waals surface area contributed by atoms with E-state index >= 15 is 0 Å². The van der Waals surface area contributed by atoms with Crippen molar-refractivity contribution < 1.29 is 0 Å². The molecule has 0 saturated heterocycles. The van der Waals surface area contributed by atoms with Crippen LogP contribution in [0.5, 0.6) is 0 Å². The van der Waals surface area contributed by atoms with Crippen LogP contribution in [0.1, 0.15) is 24.5 Å². The normalized spacial score (nSPS) is 10.3. The Morgan fingerprint density at radius 2 is 1.65 bits per heavy atom. The van der Waals surface area contributed by atoms with E-state index in [2.05, 4.69) is 59.6 Å². The molecule has 0 aliphatic carbocycles. The van der Waals surface area contributed by atoms with E-state index in [1.54, 1.807) is 0 Å². The molecule has 0 fully saturated rings. The first kappa shape index (κ1) is 14.1. The van der Waals surface area contributed by atoms with Gasteiger partial charge in [0.1, 0.15) is 11.6 Å². The molecule has 0 bridgehead atoms. The molecule has 0 spiro atoms. The number of aromatic nitrogens is 2. The summed E-state index contributed by atoms with van der Waals surface area (Å²) in [6, 6.07) is 8.15. The van der Waals surface area contributed by atoms with Crippen molar-refractivity contribution in [2.24, 2.45) is 0 Å². The fraction of sp³-hybridized carbons (Fsp3) is 0.333. The van der Waals surface area contributed by atoms with Gasteiger partial charge in [-0.2, -0.15) is 9.97 Å². The van der Waals surface area contributed by atoms with E-state index < -0.39 is 0 Å². The van der Waals surface area contributed by atoms with Crippen LogP contribution in [0.25, 0.3) is 0 Å². The number of nitrogens with one attached hydrogen (secondary N) is 2. The van der Waals surface area contributed by atoms with Crippen molar-refractivity contribution in [2.45, 2.75) is 27.2 Å². The second-order valence-corrected chi connectivity index (χ2v) is 4.92. The van der Waals surface area contributed by atoms with Crippen LogP contribution in [-0.2, 0) is 0 Å². The Morgan fingerprint density at radius 1 is 1.00 bits per heavy atom. The van der Waals surface area contributed by atoms with Crippen LogP contribution in [0.4, 0.5) is 23.3 Å². The molecule has 2 rings (SSSR count). The largest absolute Gasteiger partial charge is 0.370 e. The summed E-state index contributed by atoms with van der Waals surface area (Å²) in [4.78, 5) is 8.38. The molecule has 5 nitrogen and oxygen atoms in total. The molecule has 20 heavy (non-hydrogen) atoms. The summed E-state index contributed by atoms with van der Waals surface area (Å²) < 4.78 is 0. The first-order valence-corrected chi connectivity index (χ1v) is 6.80. The highest BCUT2D eigenvalue weighted by Crippen LogP contribution is 2.20. The molecule has 1 aromatic carbocycles. The predicted molar refractivity (Wildman–Crippen MR) is 84.4 cm³/mol. The summed E-state index contributed by atoms with van der Waals surface area (Å²) in [5.74, 6) is 1.70. The maximum Gasteiger partial charge on any atom is 0.223 e. The minimum atomic E-state index is 0.262. The van der Waals surface area contributed by atoms with E-state index in [0.717, 1.165) is 24.5 Å². The SMILES string of the molecule is CCCNc1cc(Nc2cc(C)cc(C)c2)nc(N)n1. The van der Waals surface area contributed by atoms with E-state index in [0.29, 0.717) is 5.82 Å². The molecule has 0 aliphatic rings. The Morgan fingerprint density at radius 3 is 2.30 bits per heavy atom. The highest BCUT2D eigenvalue weighted by Gasteiger charge is 2.03. The summed E-state index contributed by atoms with van der Waals surface area (Å²) in [6.07, 6.45) is 1.03. The summed E-state index contributed by atoms with van der Waals surface area (Å²) in [7, 11) is 0. The molecule has 4 N–H and O–H groups in total. The van der Waals surface area contributed by atoms with Crippen LogP contribution < -0.4 is 16.4 Å². The molecule has 0 atom stereocenters. The maximum absolute atomic E-state index is 5.74. The number of rotatable bonds is 5. The molecule has 1 heterocycles. The summed E-state index contributed by atoms with van der Waals surface area (Å²) in [5.41, 5.74) is 9.16. The van der Waals surface area contributed by atoms with Crippen LogP contribution in [0, 0.1) is 13.8 Å². The zero-order valence-electron chi connectivity index (χ0n) is 12.2. The van der Waals surface area contributed by atoms with Crippen LogP contribution in [0.3, 0.4) is 0 Å². The summed E-state index contributed by atoms with van der Waals surface area (Å²) >= 11 is 0.